The molecule has 6 heteroatoms. The molecule has 2 aromatic carbocycles. The van der Waals surface area contributed by atoms with Crippen molar-refractivity contribution in [1.82, 2.24) is 10.2 Å². The summed E-state index contributed by atoms with van der Waals surface area (Å²) in [5.74, 6) is -1.21. The average molecular weight is 389 g/mol. The molecule has 1 N–H and O–H groups in total. The Hall–Kier alpha value is -2.40. The number of halogens is 2. The lowest BCUT2D eigenvalue weighted by molar-refractivity contribution is -0.126. The smallest absolute Gasteiger partial charge is 0.256 e. The topological polar surface area (TPSA) is 49.4 Å². The number of piperidine rings is 1. The molecule has 3 rings (SSSR count). The molecule has 2 amide bonds. The van der Waals surface area contributed by atoms with Gasteiger partial charge in [0.1, 0.15) is 5.82 Å². The van der Waals surface area contributed by atoms with Gasteiger partial charge in [-0.05, 0) is 49.1 Å². The fraction of sp³-hybridized carbons (Fsp3) is 0.333. The van der Waals surface area contributed by atoms with Crippen LogP contribution in [0.15, 0.2) is 48.5 Å². The number of likely N-dealkylation sites (tertiary alicyclic amines) is 1. The second-order valence-corrected chi connectivity index (χ2v) is 7.17. The Balaban J connectivity index is 1.52. The maximum absolute atomic E-state index is 13.9. The van der Waals surface area contributed by atoms with Gasteiger partial charge in [-0.15, -0.1) is 0 Å². The zero-order valence-corrected chi connectivity index (χ0v) is 15.7. The molecule has 0 bridgehead atoms. The first-order chi connectivity index (χ1) is 13.0. The molecule has 1 aliphatic rings. The Morgan fingerprint density at radius 3 is 2.63 bits per heavy atom. The number of nitrogens with one attached hydrogen (secondary N) is 1. The summed E-state index contributed by atoms with van der Waals surface area (Å²) >= 11 is 5.87. The highest BCUT2D eigenvalue weighted by molar-refractivity contribution is 6.30. The molecule has 0 spiro atoms. The van der Waals surface area contributed by atoms with E-state index in [4.69, 9.17) is 11.6 Å². The minimum absolute atomic E-state index is 0.0568. The van der Waals surface area contributed by atoms with E-state index in [9.17, 15) is 14.0 Å². The van der Waals surface area contributed by atoms with Crippen molar-refractivity contribution >= 4 is 23.4 Å². The van der Waals surface area contributed by atoms with Crippen molar-refractivity contribution in [2.24, 2.45) is 5.92 Å². The number of hydrogen-bond donors (Lipinski definition) is 1. The summed E-state index contributed by atoms with van der Waals surface area (Å²) in [6, 6.07) is 13.5. The van der Waals surface area contributed by atoms with Crippen LogP contribution in [0, 0.1) is 11.7 Å². The van der Waals surface area contributed by atoms with Gasteiger partial charge in [0.25, 0.3) is 5.91 Å². The molecular formula is C21H22ClFN2O2. The molecule has 1 saturated heterocycles. The molecule has 0 saturated carbocycles. The fourth-order valence-corrected chi connectivity index (χ4v) is 3.43. The monoisotopic (exact) mass is 388 g/mol. The van der Waals surface area contributed by atoms with Gasteiger partial charge < -0.3 is 10.2 Å². The number of benzene rings is 2. The van der Waals surface area contributed by atoms with Crippen LogP contribution in [0.4, 0.5) is 4.39 Å². The van der Waals surface area contributed by atoms with Gasteiger partial charge in [0, 0.05) is 24.7 Å². The second kappa shape index (κ2) is 9.00. The lowest BCUT2D eigenvalue weighted by atomic mass is 9.96. The van der Waals surface area contributed by atoms with Crippen LogP contribution in [0.3, 0.4) is 0 Å². The average Bonchev–Trinajstić information content (AvgIpc) is 2.69. The second-order valence-electron chi connectivity index (χ2n) is 6.74. The SMILES string of the molecule is O=C(NCCc1ccc(Cl)cc1)[C@@H]1CCCN(C(=O)c2ccccc2F)C1. The highest BCUT2D eigenvalue weighted by Gasteiger charge is 2.29. The van der Waals surface area contributed by atoms with Gasteiger partial charge in [-0.3, -0.25) is 9.59 Å². The third kappa shape index (κ3) is 5.07. The predicted molar refractivity (Wildman–Crippen MR) is 103 cm³/mol. The van der Waals surface area contributed by atoms with Crippen molar-refractivity contribution in [3.8, 4) is 0 Å². The summed E-state index contributed by atoms with van der Waals surface area (Å²) in [5.41, 5.74) is 1.15. The minimum atomic E-state index is -0.531. The molecule has 142 valence electrons. The summed E-state index contributed by atoms with van der Waals surface area (Å²) < 4.78 is 13.9. The van der Waals surface area contributed by atoms with Crippen LogP contribution in [-0.4, -0.2) is 36.3 Å². The van der Waals surface area contributed by atoms with E-state index < -0.39 is 5.82 Å². The molecule has 1 aliphatic heterocycles. The normalized spacial score (nSPS) is 16.8. The highest BCUT2D eigenvalue weighted by atomic mass is 35.5. The number of amides is 2. The molecule has 0 aromatic heterocycles. The van der Waals surface area contributed by atoms with E-state index in [0.717, 1.165) is 18.4 Å². The van der Waals surface area contributed by atoms with E-state index in [2.05, 4.69) is 5.32 Å². The van der Waals surface area contributed by atoms with Crippen LogP contribution < -0.4 is 5.32 Å². The Kier molecular flexibility index (Phi) is 6.45. The molecular weight excluding hydrogens is 367 g/mol. The van der Waals surface area contributed by atoms with Crippen molar-refractivity contribution < 1.29 is 14.0 Å². The number of nitrogens with zero attached hydrogens (tertiary/aromatic N) is 1. The van der Waals surface area contributed by atoms with Crippen LogP contribution in [-0.2, 0) is 11.2 Å². The number of hydrogen-bond acceptors (Lipinski definition) is 2. The van der Waals surface area contributed by atoms with Crippen LogP contribution in [0.25, 0.3) is 0 Å². The first kappa shape index (κ1) is 19.4. The van der Waals surface area contributed by atoms with E-state index >= 15 is 0 Å². The summed E-state index contributed by atoms with van der Waals surface area (Å²) in [4.78, 5) is 26.6. The maximum atomic E-state index is 13.9. The predicted octanol–water partition coefficient (Wildman–Crippen LogP) is 3.69. The fourth-order valence-electron chi connectivity index (χ4n) is 3.31. The lowest BCUT2D eigenvalue weighted by Crippen LogP contribution is -2.46. The standard InChI is InChI=1S/C21H22ClFN2O2/c22-17-9-7-15(8-10-17)11-12-24-20(26)16-4-3-13-25(14-16)21(27)18-5-1-2-6-19(18)23/h1-2,5-10,16H,3-4,11-14H2,(H,24,26)/t16-/m1/s1. The third-order valence-electron chi connectivity index (χ3n) is 4.81. The van der Waals surface area contributed by atoms with Crippen LogP contribution in [0.5, 0.6) is 0 Å². The zero-order valence-electron chi connectivity index (χ0n) is 15.0. The number of carbonyl (C=O) groups is 2. The molecule has 1 atom stereocenters. The van der Waals surface area contributed by atoms with E-state index in [0.29, 0.717) is 31.1 Å². The first-order valence-corrected chi connectivity index (χ1v) is 9.48. The van der Waals surface area contributed by atoms with E-state index in [1.807, 2.05) is 24.3 Å². The summed E-state index contributed by atoms with van der Waals surface area (Å²) in [6.07, 6.45) is 2.18. The lowest BCUT2D eigenvalue weighted by Gasteiger charge is -2.32. The van der Waals surface area contributed by atoms with E-state index in [1.165, 1.54) is 12.1 Å². The van der Waals surface area contributed by atoms with Crippen molar-refractivity contribution in [3.05, 3.63) is 70.5 Å². The molecule has 0 aliphatic carbocycles. The van der Waals surface area contributed by atoms with E-state index in [1.54, 1.807) is 17.0 Å². The molecule has 4 nitrogen and oxygen atoms in total. The highest BCUT2D eigenvalue weighted by Crippen LogP contribution is 2.20. The minimum Gasteiger partial charge on any atom is -0.355 e. The first-order valence-electron chi connectivity index (χ1n) is 9.10. The van der Waals surface area contributed by atoms with Crippen LogP contribution in [0.1, 0.15) is 28.8 Å². The van der Waals surface area contributed by atoms with Crippen molar-refractivity contribution in [2.75, 3.05) is 19.6 Å². The molecule has 27 heavy (non-hydrogen) atoms. The molecule has 0 radical (unpaired) electrons. The number of rotatable bonds is 5. The van der Waals surface area contributed by atoms with E-state index in [-0.39, 0.29) is 23.3 Å². The Bertz CT molecular complexity index is 810. The maximum Gasteiger partial charge on any atom is 0.256 e. The van der Waals surface area contributed by atoms with Crippen LogP contribution in [0.2, 0.25) is 5.02 Å². The van der Waals surface area contributed by atoms with Gasteiger partial charge in [-0.2, -0.15) is 0 Å². The molecule has 2 aromatic rings. The van der Waals surface area contributed by atoms with Gasteiger partial charge in [0.15, 0.2) is 0 Å². The number of carbonyl (C=O) groups excluding carboxylic acids is 2. The summed E-state index contributed by atoms with van der Waals surface area (Å²) in [7, 11) is 0. The third-order valence-corrected chi connectivity index (χ3v) is 5.06. The summed E-state index contributed by atoms with van der Waals surface area (Å²) in [5, 5.41) is 3.63. The Labute approximate surface area is 163 Å². The van der Waals surface area contributed by atoms with Crippen LogP contribution >= 0.6 is 11.6 Å². The van der Waals surface area contributed by atoms with Gasteiger partial charge in [0.05, 0.1) is 11.5 Å². The Morgan fingerprint density at radius 2 is 1.89 bits per heavy atom. The molecule has 1 heterocycles. The molecule has 1 fully saturated rings. The summed E-state index contributed by atoms with van der Waals surface area (Å²) in [6.45, 7) is 1.39. The van der Waals surface area contributed by atoms with Crippen molar-refractivity contribution in [2.45, 2.75) is 19.3 Å². The van der Waals surface area contributed by atoms with Crippen molar-refractivity contribution in [1.29, 1.82) is 0 Å². The largest absolute Gasteiger partial charge is 0.355 e. The van der Waals surface area contributed by atoms with Gasteiger partial charge in [-0.25, -0.2) is 4.39 Å². The Morgan fingerprint density at radius 1 is 1.15 bits per heavy atom. The van der Waals surface area contributed by atoms with Gasteiger partial charge >= 0.3 is 0 Å². The quantitative estimate of drug-likeness (QED) is 0.849. The molecule has 0 unspecified atom stereocenters. The van der Waals surface area contributed by atoms with Gasteiger partial charge in [-0.1, -0.05) is 35.9 Å². The van der Waals surface area contributed by atoms with Gasteiger partial charge in [0.2, 0.25) is 5.91 Å². The van der Waals surface area contributed by atoms with Crippen molar-refractivity contribution in [3.63, 3.8) is 0 Å². The zero-order chi connectivity index (χ0) is 19.2.